The molecule has 5 heteroatoms. The monoisotopic (exact) mass is 231 g/mol. The summed E-state index contributed by atoms with van der Waals surface area (Å²) in [6.07, 6.45) is 4.95. The van der Waals surface area contributed by atoms with Gasteiger partial charge in [0, 0.05) is 12.7 Å². The molecule has 0 radical (unpaired) electrons. The van der Waals surface area contributed by atoms with Crippen LogP contribution in [0.4, 0.5) is 0 Å². The van der Waals surface area contributed by atoms with Crippen molar-refractivity contribution in [3.05, 3.63) is 36.3 Å². The Bertz CT molecular complexity index is 534. The molecule has 0 saturated carbocycles. The molecule has 88 valence electrons. The molecular weight excluding hydrogens is 218 g/mol. The minimum absolute atomic E-state index is 0.0732. The molecule has 2 aromatic heterocycles. The third-order valence-corrected chi connectivity index (χ3v) is 2.30. The van der Waals surface area contributed by atoms with Gasteiger partial charge in [-0.15, -0.1) is 0 Å². The molecule has 0 aliphatic rings. The van der Waals surface area contributed by atoms with E-state index in [1.165, 1.54) is 6.92 Å². The molecule has 0 saturated heterocycles. The van der Waals surface area contributed by atoms with Crippen molar-refractivity contribution in [3.8, 4) is 11.6 Å². The zero-order valence-corrected chi connectivity index (χ0v) is 9.75. The van der Waals surface area contributed by atoms with Crippen LogP contribution in [0.5, 0.6) is 11.6 Å². The average Bonchev–Trinajstić information content (AvgIpc) is 2.77. The van der Waals surface area contributed by atoms with Crippen LogP contribution in [0.25, 0.3) is 0 Å². The third kappa shape index (κ3) is 2.50. The fourth-order valence-corrected chi connectivity index (χ4v) is 1.42. The minimum Gasteiger partial charge on any atom is -0.435 e. The van der Waals surface area contributed by atoms with E-state index in [0.29, 0.717) is 17.2 Å². The lowest BCUT2D eigenvalue weighted by atomic mass is 10.2. The summed E-state index contributed by atoms with van der Waals surface area (Å²) in [4.78, 5) is 15.4. The highest BCUT2D eigenvalue weighted by molar-refractivity contribution is 5.96. The molecule has 0 spiro atoms. The number of carbonyl (C=O) groups excluding carboxylic acids is 1. The van der Waals surface area contributed by atoms with Gasteiger partial charge in [0.1, 0.15) is 0 Å². The molecule has 0 unspecified atom stereocenters. The van der Waals surface area contributed by atoms with Gasteiger partial charge in [0.15, 0.2) is 11.5 Å². The second kappa shape index (κ2) is 4.78. The molecule has 0 aliphatic heterocycles. The number of carbonyl (C=O) groups is 1. The first-order valence-corrected chi connectivity index (χ1v) is 5.37. The highest BCUT2D eigenvalue weighted by Gasteiger charge is 2.10. The summed E-state index contributed by atoms with van der Waals surface area (Å²) in [7, 11) is 0. The van der Waals surface area contributed by atoms with Crippen LogP contribution in [0.1, 0.15) is 24.2 Å². The fourth-order valence-electron chi connectivity index (χ4n) is 1.42. The second-order valence-corrected chi connectivity index (χ2v) is 3.55. The van der Waals surface area contributed by atoms with Crippen LogP contribution in [-0.4, -0.2) is 20.5 Å². The Balaban J connectivity index is 2.26. The second-order valence-electron chi connectivity index (χ2n) is 3.55. The average molecular weight is 231 g/mol. The van der Waals surface area contributed by atoms with E-state index in [2.05, 4.69) is 10.1 Å². The molecule has 0 bridgehead atoms. The number of ether oxygens (including phenoxy) is 1. The van der Waals surface area contributed by atoms with Crippen molar-refractivity contribution in [3.63, 3.8) is 0 Å². The maximum absolute atomic E-state index is 11.4. The Kier molecular flexibility index (Phi) is 3.18. The maximum atomic E-state index is 11.4. The molecule has 0 fully saturated rings. The summed E-state index contributed by atoms with van der Waals surface area (Å²) < 4.78 is 7.28. The number of pyridine rings is 1. The summed E-state index contributed by atoms with van der Waals surface area (Å²) in [5.41, 5.74) is 0.469. The number of hydrogen-bond donors (Lipinski definition) is 0. The molecule has 0 atom stereocenters. The highest BCUT2D eigenvalue weighted by Crippen LogP contribution is 2.22. The first-order chi connectivity index (χ1) is 8.20. The van der Waals surface area contributed by atoms with Crippen molar-refractivity contribution in [2.45, 2.75) is 20.4 Å². The van der Waals surface area contributed by atoms with Crippen molar-refractivity contribution in [1.82, 2.24) is 14.8 Å². The van der Waals surface area contributed by atoms with Crippen LogP contribution in [0.2, 0.25) is 0 Å². The van der Waals surface area contributed by atoms with E-state index >= 15 is 0 Å². The summed E-state index contributed by atoms with van der Waals surface area (Å²) >= 11 is 0. The molecule has 2 heterocycles. The van der Waals surface area contributed by atoms with Crippen molar-refractivity contribution in [2.75, 3.05) is 0 Å². The molecule has 2 rings (SSSR count). The lowest BCUT2D eigenvalue weighted by Crippen LogP contribution is -1.98. The van der Waals surface area contributed by atoms with Gasteiger partial charge in [0.05, 0.1) is 18.0 Å². The van der Waals surface area contributed by atoms with Gasteiger partial charge in [0.25, 0.3) is 0 Å². The van der Waals surface area contributed by atoms with E-state index in [1.54, 1.807) is 35.4 Å². The van der Waals surface area contributed by atoms with Crippen molar-refractivity contribution < 1.29 is 9.53 Å². The van der Waals surface area contributed by atoms with Gasteiger partial charge in [0.2, 0.25) is 5.88 Å². The Morgan fingerprint density at radius 2 is 2.35 bits per heavy atom. The molecule has 0 amide bonds. The molecule has 5 nitrogen and oxygen atoms in total. The number of aromatic nitrogens is 3. The predicted molar refractivity (Wildman–Crippen MR) is 62.2 cm³/mol. The Morgan fingerprint density at radius 1 is 1.53 bits per heavy atom. The first kappa shape index (κ1) is 11.3. The number of aryl methyl sites for hydroxylation is 1. The zero-order chi connectivity index (χ0) is 12.3. The fraction of sp³-hybridized carbons (Fsp3) is 0.250. The largest absolute Gasteiger partial charge is 0.435 e. The van der Waals surface area contributed by atoms with E-state index < -0.39 is 0 Å². The summed E-state index contributed by atoms with van der Waals surface area (Å²) in [5.74, 6) is 0.819. The standard InChI is InChI=1S/C12H13N3O2/c1-3-15-8-10(7-14-15)17-12-11(9(2)16)5-4-6-13-12/h4-8H,3H2,1-2H3. The van der Waals surface area contributed by atoms with Crippen molar-refractivity contribution in [2.24, 2.45) is 0 Å². The van der Waals surface area contributed by atoms with E-state index in [0.717, 1.165) is 6.54 Å². The number of rotatable bonds is 4. The van der Waals surface area contributed by atoms with Crippen LogP contribution < -0.4 is 4.74 Å². The number of hydrogen-bond acceptors (Lipinski definition) is 4. The van der Waals surface area contributed by atoms with Crippen molar-refractivity contribution in [1.29, 1.82) is 0 Å². The highest BCUT2D eigenvalue weighted by atomic mass is 16.5. The predicted octanol–water partition coefficient (Wildman–Crippen LogP) is 2.29. The van der Waals surface area contributed by atoms with Gasteiger partial charge in [-0.05, 0) is 26.0 Å². The van der Waals surface area contributed by atoms with E-state index in [1.807, 2.05) is 6.92 Å². The van der Waals surface area contributed by atoms with Crippen LogP contribution >= 0.6 is 0 Å². The molecule has 0 aromatic carbocycles. The Labute approximate surface area is 99.1 Å². The number of ketones is 1. The van der Waals surface area contributed by atoms with Gasteiger partial charge in [-0.1, -0.05) is 0 Å². The van der Waals surface area contributed by atoms with Crippen LogP contribution in [-0.2, 0) is 6.54 Å². The van der Waals surface area contributed by atoms with E-state index in [9.17, 15) is 4.79 Å². The molecule has 2 aromatic rings. The molecule has 17 heavy (non-hydrogen) atoms. The first-order valence-electron chi connectivity index (χ1n) is 5.37. The topological polar surface area (TPSA) is 57.0 Å². The van der Waals surface area contributed by atoms with Crippen LogP contribution in [0.3, 0.4) is 0 Å². The van der Waals surface area contributed by atoms with Gasteiger partial charge in [-0.2, -0.15) is 5.10 Å². The molecular formula is C12H13N3O2. The molecule has 0 N–H and O–H groups in total. The normalized spacial score (nSPS) is 10.2. The third-order valence-electron chi connectivity index (χ3n) is 2.30. The van der Waals surface area contributed by atoms with Crippen molar-refractivity contribution >= 4 is 5.78 Å². The minimum atomic E-state index is -0.0732. The summed E-state index contributed by atoms with van der Waals surface area (Å²) in [6.45, 7) is 4.24. The Morgan fingerprint density at radius 3 is 3.00 bits per heavy atom. The lowest BCUT2D eigenvalue weighted by Gasteiger charge is -2.05. The zero-order valence-electron chi connectivity index (χ0n) is 9.75. The summed E-state index contributed by atoms with van der Waals surface area (Å²) in [5, 5.41) is 4.08. The van der Waals surface area contributed by atoms with Gasteiger partial charge < -0.3 is 4.74 Å². The SMILES string of the molecule is CCn1cc(Oc2ncccc2C(C)=O)cn1. The smallest absolute Gasteiger partial charge is 0.230 e. The lowest BCUT2D eigenvalue weighted by molar-refractivity contribution is 0.101. The van der Waals surface area contributed by atoms with E-state index in [4.69, 9.17) is 4.74 Å². The van der Waals surface area contributed by atoms with Gasteiger partial charge >= 0.3 is 0 Å². The Hall–Kier alpha value is -2.17. The maximum Gasteiger partial charge on any atom is 0.230 e. The van der Waals surface area contributed by atoms with Gasteiger partial charge in [-0.3, -0.25) is 9.48 Å². The van der Waals surface area contributed by atoms with Crippen LogP contribution in [0, 0.1) is 0 Å². The van der Waals surface area contributed by atoms with Crippen LogP contribution in [0.15, 0.2) is 30.7 Å². The quantitative estimate of drug-likeness (QED) is 0.757. The van der Waals surface area contributed by atoms with E-state index in [-0.39, 0.29) is 5.78 Å². The summed E-state index contributed by atoms with van der Waals surface area (Å²) in [6, 6.07) is 3.40. The van der Waals surface area contributed by atoms with Gasteiger partial charge in [-0.25, -0.2) is 4.98 Å². The number of Topliss-reactive ketones (excluding diaryl/α,β-unsaturated/α-hetero) is 1. The molecule has 0 aliphatic carbocycles. The number of nitrogens with zero attached hydrogens (tertiary/aromatic N) is 3.